The maximum absolute atomic E-state index is 12.4. The van der Waals surface area contributed by atoms with Crippen LogP contribution < -0.4 is 5.32 Å². The molecule has 10 heteroatoms. The van der Waals surface area contributed by atoms with Crippen LogP contribution in [0.5, 0.6) is 0 Å². The van der Waals surface area contributed by atoms with Gasteiger partial charge in [-0.3, -0.25) is 14.5 Å². The molecule has 2 aliphatic rings. The smallest absolute Gasteiger partial charge is 0.353 e. The average molecular weight is 381 g/mol. The van der Waals surface area contributed by atoms with Crippen molar-refractivity contribution in [1.29, 1.82) is 0 Å². The number of amides is 2. The largest absolute Gasteiger partial charge is 0.477 e. The van der Waals surface area contributed by atoms with E-state index in [9.17, 15) is 19.5 Å². The first-order valence-electron chi connectivity index (χ1n) is 7.32. The van der Waals surface area contributed by atoms with E-state index < -0.39 is 23.3 Å². The molecular weight excluding hydrogens is 366 g/mol. The molecule has 0 bridgehead atoms. The van der Waals surface area contributed by atoms with E-state index >= 15 is 0 Å². The SMILES string of the molecule is CON=CC1=C(C(=O)O)N2C(=O)C(NC(=O)Cc3cccs3)[C@@H]2SC1. The summed E-state index contributed by atoms with van der Waals surface area (Å²) in [5, 5.41) is 17.2. The number of carboxylic acids is 1. The van der Waals surface area contributed by atoms with Gasteiger partial charge in [0.15, 0.2) is 0 Å². The van der Waals surface area contributed by atoms with Crippen molar-refractivity contribution in [2.45, 2.75) is 17.8 Å². The van der Waals surface area contributed by atoms with Crippen LogP contribution in [0, 0.1) is 0 Å². The Kier molecular flexibility index (Phi) is 5.09. The number of carbonyl (C=O) groups excluding carboxylic acids is 2. The van der Waals surface area contributed by atoms with Crippen molar-refractivity contribution >= 4 is 47.1 Å². The highest BCUT2D eigenvalue weighted by molar-refractivity contribution is 8.00. The van der Waals surface area contributed by atoms with Crippen molar-refractivity contribution < 1.29 is 24.3 Å². The molecule has 0 radical (unpaired) electrons. The van der Waals surface area contributed by atoms with E-state index in [1.807, 2.05) is 17.5 Å². The lowest BCUT2D eigenvalue weighted by molar-refractivity contribution is -0.150. The molecule has 8 nitrogen and oxygen atoms in total. The molecular formula is C15H15N3O5S2. The van der Waals surface area contributed by atoms with E-state index in [1.54, 1.807) is 0 Å². The molecule has 2 amide bonds. The van der Waals surface area contributed by atoms with Crippen LogP contribution in [0.2, 0.25) is 0 Å². The van der Waals surface area contributed by atoms with E-state index in [-0.39, 0.29) is 18.0 Å². The third kappa shape index (κ3) is 3.40. The number of β-lactam (4-membered cyclic amide) rings is 1. The molecule has 2 aliphatic heterocycles. The molecule has 1 aromatic rings. The zero-order valence-corrected chi connectivity index (χ0v) is 14.8. The second kappa shape index (κ2) is 7.28. The Morgan fingerprint density at radius 2 is 2.36 bits per heavy atom. The number of nitrogens with one attached hydrogen (secondary N) is 1. The molecule has 3 rings (SSSR count). The summed E-state index contributed by atoms with van der Waals surface area (Å²) in [5.41, 5.74) is 0.283. The van der Waals surface area contributed by atoms with Crippen LogP contribution in [0.15, 0.2) is 33.9 Å². The number of oxime groups is 1. The van der Waals surface area contributed by atoms with Crippen LogP contribution in [0.1, 0.15) is 4.88 Å². The summed E-state index contributed by atoms with van der Waals surface area (Å²) >= 11 is 2.85. The minimum atomic E-state index is -1.21. The van der Waals surface area contributed by atoms with Crippen molar-refractivity contribution in [3.8, 4) is 0 Å². The van der Waals surface area contributed by atoms with Crippen molar-refractivity contribution in [3.05, 3.63) is 33.7 Å². The minimum Gasteiger partial charge on any atom is -0.477 e. The van der Waals surface area contributed by atoms with Gasteiger partial charge in [0, 0.05) is 16.2 Å². The molecule has 2 atom stereocenters. The lowest BCUT2D eigenvalue weighted by Crippen LogP contribution is -2.70. The van der Waals surface area contributed by atoms with Gasteiger partial charge in [-0.2, -0.15) is 0 Å². The summed E-state index contributed by atoms with van der Waals surface area (Å²) in [6.45, 7) is 0. The van der Waals surface area contributed by atoms with Gasteiger partial charge in [-0.05, 0) is 11.4 Å². The number of hydrogen-bond acceptors (Lipinski definition) is 7. The van der Waals surface area contributed by atoms with Crippen molar-refractivity contribution in [1.82, 2.24) is 10.2 Å². The topological polar surface area (TPSA) is 108 Å². The summed E-state index contributed by atoms with van der Waals surface area (Å²) < 4.78 is 0. The molecule has 25 heavy (non-hydrogen) atoms. The Labute approximate surface area is 151 Å². The number of thiophene rings is 1. The van der Waals surface area contributed by atoms with Crippen molar-refractivity contribution in [2.24, 2.45) is 5.16 Å². The second-order valence-corrected chi connectivity index (χ2v) is 7.44. The summed E-state index contributed by atoms with van der Waals surface area (Å²) in [6.07, 6.45) is 1.49. The van der Waals surface area contributed by atoms with Gasteiger partial charge in [0.05, 0.1) is 12.6 Å². The fourth-order valence-corrected chi connectivity index (χ4v) is 4.65. The highest BCUT2D eigenvalue weighted by Gasteiger charge is 2.54. The zero-order chi connectivity index (χ0) is 18.0. The third-order valence-electron chi connectivity index (χ3n) is 3.75. The Bertz CT molecular complexity index is 759. The number of hydrogen-bond donors (Lipinski definition) is 2. The fourth-order valence-electron chi connectivity index (χ4n) is 2.65. The highest BCUT2D eigenvalue weighted by atomic mass is 32.2. The molecule has 0 spiro atoms. The summed E-state index contributed by atoms with van der Waals surface area (Å²) in [6, 6.07) is 2.99. The summed E-state index contributed by atoms with van der Waals surface area (Å²) in [5.74, 6) is -1.54. The van der Waals surface area contributed by atoms with Crippen LogP contribution in [0.4, 0.5) is 0 Å². The highest BCUT2D eigenvalue weighted by Crippen LogP contribution is 2.39. The van der Waals surface area contributed by atoms with E-state index in [4.69, 9.17) is 0 Å². The first-order valence-corrected chi connectivity index (χ1v) is 9.25. The minimum absolute atomic E-state index is 0.113. The molecule has 132 valence electrons. The lowest BCUT2D eigenvalue weighted by Gasteiger charge is -2.49. The predicted octanol–water partition coefficient (Wildman–Crippen LogP) is 0.661. The first-order chi connectivity index (χ1) is 12.0. The Balaban J connectivity index is 1.72. The molecule has 3 heterocycles. The van der Waals surface area contributed by atoms with Gasteiger partial charge >= 0.3 is 5.97 Å². The van der Waals surface area contributed by atoms with Crippen LogP contribution in [0.25, 0.3) is 0 Å². The number of nitrogens with zero attached hydrogens (tertiary/aromatic N) is 2. The van der Waals surface area contributed by atoms with E-state index in [0.717, 1.165) is 4.88 Å². The number of fused-ring (bicyclic) bond motifs is 1. The number of carboxylic acid groups (broad SMARTS) is 1. The summed E-state index contributed by atoms with van der Waals surface area (Å²) in [7, 11) is 1.35. The molecule has 1 aromatic heterocycles. The predicted molar refractivity (Wildman–Crippen MR) is 93.2 cm³/mol. The van der Waals surface area contributed by atoms with Crippen LogP contribution >= 0.6 is 23.1 Å². The van der Waals surface area contributed by atoms with Crippen LogP contribution in [-0.2, 0) is 25.6 Å². The van der Waals surface area contributed by atoms with Gasteiger partial charge in [0.2, 0.25) is 5.91 Å². The third-order valence-corrected chi connectivity index (χ3v) is 5.92. The standard InChI is InChI=1S/C15H15N3O5S2/c1-23-16-6-8-7-25-14-11(13(20)18(14)12(8)15(21)22)17-10(19)5-9-3-2-4-24-9/h2-4,6,11,14H,5,7H2,1H3,(H,17,19)(H,21,22)/t11?,14-/m0/s1. The van der Waals surface area contributed by atoms with Gasteiger partial charge in [-0.15, -0.1) is 23.1 Å². The zero-order valence-electron chi connectivity index (χ0n) is 13.2. The molecule has 1 unspecified atom stereocenters. The average Bonchev–Trinajstić information content (AvgIpc) is 3.09. The van der Waals surface area contributed by atoms with Gasteiger partial charge in [0.25, 0.3) is 5.91 Å². The van der Waals surface area contributed by atoms with Gasteiger partial charge in [-0.25, -0.2) is 4.79 Å². The lowest BCUT2D eigenvalue weighted by atomic mass is 10.0. The van der Waals surface area contributed by atoms with Gasteiger partial charge < -0.3 is 15.3 Å². The van der Waals surface area contributed by atoms with Gasteiger partial charge in [-0.1, -0.05) is 11.2 Å². The van der Waals surface area contributed by atoms with E-state index in [0.29, 0.717) is 11.3 Å². The molecule has 0 saturated carbocycles. The monoisotopic (exact) mass is 381 g/mol. The Morgan fingerprint density at radius 1 is 1.56 bits per heavy atom. The number of thioether (sulfide) groups is 1. The first kappa shape index (κ1) is 17.5. The summed E-state index contributed by atoms with van der Waals surface area (Å²) in [4.78, 5) is 42.7. The maximum atomic E-state index is 12.4. The number of rotatable bonds is 6. The van der Waals surface area contributed by atoms with E-state index in [2.05, 4.69) is 15.3 Å². The van der Waals surface area contributed by atoms with Crippen molar-refractivity contribution in [3.63, 3.8) is 0 Å². The van der Waals surface area contributed by atoms with Gasteiger partial charge in [0.1, 0.15) is 24.2 Å². The molecule has 1 saturated heterocycles. The maximum Gasteiger partial charge on any atom is 0.353 e. The molecule has 0 aliphatic carbocycles. The van der Waals surface area contributed by atoms with Crippen LogP contribution in [-0.4, -0.2) is 58.3 Å². The van der Waals surface area contributed by atoms with Crippen LogP contribution in [0.3, 0.4) is 0 Å². The molecule has 2 N–H and O–H groups in total. The fraction of sp³-hybridized carbons (Fsp3) is 0.333. The molecule has 0 aromatic carbocycles. The number of carbonyl (C=O) groups is 3. The quantitative estimate of drug-likeness (QED) is 0.426. The number of aliphatic carboxylic acids is 1. The Morgan fingerprint density at radius 3 is 3.00 bits per heavy atom. The second-order valence-electron chi connectivity index (χ2n) is 5.31. The normalized spacial score (nSPS) is 22.6. The van der Waals surface area contributed by atoms with Crippen molar-refractivity contribution in [2.75, 3.05) is 12.9 Å². The molecule has 1 fully saturated rings. The Hall–Kier alpha value is -2.33. The van der Waals surface area contributed by atoms with E-state index in [1.165, 1.54) is 41.3 Å².